The molecule has 2 saturated heterocycles. The second kappa shape index (κ2) is 20.6. The first kappa shape index (κ1) is 51.2. The molecule has 6 heterocycles. The number of rotatable bonds is 15. The molecule has 2 N–H and O–H groups in total. The van der Waals surface area contributed by atoms with Gasteiger partial charge in [-0.25, -0.2) is 53.2 Å². The van der Waals surface area contributed by atoms with E-state index in [0.29, 0.717) is 102 Å². The highest BCUT2D eigenvalue weighted by Crippen LogP contribution is 2.40. The number of azide groups is 1. The molecule has 0 radical (unpaired) electrons. The van der Waals surface area contributed by atoms with E-state index in [4.69, 9.17) is 30.9 Å². The molecule has 0 amide bonds. The van der Waals surface area contributed by atoms with Crippen molar-refractivity contribution in [1.29, 1.82) is 0 Å². The Labute approximate surface area is 396 Å². The number of anilines is 2. The van der Waals surface area contributed by atoms with E-state index in [1.807, 2.05) is 0 Å². The van der Waals surface area contributed by atoms with Crippen LogP contribution in [0.3, 0.4) is 0 Å². The van der Waals surface area contributed by atoms with Crippen molar-refractivity contribution in [2.45, 2.75) is 33.1 Å². The summed E-state index contributed by atoms with van der Waals surface area (Å²) in [4.78, 5) is 17.4. The fourth-order valence-electron chi connectivity index (χ4n) is 8.06. The van der Waals surface area contributed by atoms with Crippen LogP contribution in [-0.2, 0) is 20.0 Å². The summed E-state index contributed by atoms with van der Waals surface area (Å²) in [5.74, 6) is 0.00337. The Morgan fingerprint density at radius 1 is 0.746 bits per heavy atom. The standard InChI is InChI=1S/C20H25FN8O3S2.C20H27FN6O3S2.CH4/c1-27(2)34(30,31)13-20(12-24-26-22)6-8-28(9-7-20)19-25-29-16(11-23-18(29)33-19)15-5-4-14(21)10-17(15)32-3;1-25(2)32(28,29)13-20(12-22)6-8-26(9-7-20)19-24-27-16(11-23-18(27)31-19)15-5-4-14(21)10-17(15)30-3;/h4-5,10-11H,6-9,12-13H2,1-3H3;4-5,10-11H,6-9,12-13,22H2,1-3H3;1H4. The van der Waals surface area contributed by atoms with Gasteiger partial charge in [0, 0.05) is 94.5 Å². The molecule has 4 aromatic heterocycles. The van der Waals surface area contributed by atoms with Crippen LogP contribution < -0.4 is 25.0 Å². The number of piperidine rings is 2. The first-order valence-corrected chi connectivity index (χ1v) is 25.6. The quantitative estimate of drug-likeness (QED) is 0.0700. The number of aromatic nitrogens is 6. The van der Waals surface area contributed by atoms with Crippen LogP contribution in [0.25, 0.3) is 42.9 Å². The largest absolute Gasteiger partial charge is 0.496 e. The van der Waals surface area contributed by atoms with Gasteiger partial charge < -0.3 is 25.0 Å². The van der Waals surface area contributed by atoms with E-state index < -0.39 is 36.7 Å². The van der Waals surface area contributed by atoms with Crippen LogP contribution in [0.4, 0.5) is 19.0 Å². The third-order valence-electron chi connectivity index (χ3n) is 12.2. The SMILES string of the molecule is C.COc1cc(F)ccc1-c1cnc2sc(N3CCC(CN)(CS(=O)(=O)N(C)C)CC3)nn12.COc1cc(F)ccc1-c1cnc2sc(N3CCC(CN=[N+]=[N-])(CS(=O)(=O)N(C)C)CC3)nn12. The van der Waals surface area contributed by atoms with Gasteiger partial charge in [0.2, 0.25) is 40.2 Å². The number of ether oxygens (including phenoxy) is 2. The minimum atomic E-state index is -3.46. The highest BCUT2D eigenvalue weighted by atomic mass is 32.2. The molecule has 0 unspecified atom stereocenters. The lowest BCUT2D eigenvalue weighted by Gasteiger charge is -2.41. The number of methoxy groups -OCH3 is 2. The lowest BCUT2D eigenvalue weighted by atomic mass is 9.80. The van der Waals surface area contributed by atoms with E-state index >= 15 is 0 Å². The average molecular weight is 1010 g/mol. The van der Waals surface area contributed by atoms with E-state index in [9.17, 15) is 25.6 Å². The van der Waals surface area contributed by atoms with E-state index in [1.54, 1.807) is 47.7 Å². The Morgan fingerprint density at radius 2 is 1.15 bits per heavy atom. The Morgan fingerprint density at radius 3 is 1.52 bits per heavy atom. The van der Waals surface area contributed by atoms with Gasteiger partial charge in [0.25, 0.3) is 0 Å². The Balaban J connectivity index is 0.000000218. The van der Waals surface area contributed by atoms with Gasteiger partial charge in [-0.15, -0.1) is 10.2 Å². The number of imidazole rings is 2. The number of fused-ring (bicyclic) bond motifs is 2. The number of hydrogen-bond acceptors (Lipinski definition) is 16. The van der Waals surface area contributed by atoms with Crippen molar-refractivity contribution in [1.82, 2.24) is 37.8 Å². The van der Waals surface area contributed by atoms with Crippen molar-refractivity contribution < 1.29 is 35.1 Å². The molecule has 0 bridgehead atoms. The molecule has 67 heavy (non-hydrogen) atoms. The first-order valence-electron chi connectivity index (χ1n) is 20.7. The third-order valence-corrected chi connectivity index (χ3v) is 18.4. The fourth-order valence-corrected chi connectivity index (χ4v) is 12.8. The highest BCUT2D eigenvalue weighted by molar-refractivity contribution is 7.89. The van der Waals surface area contributed by atoms with Crippen LogP contribution in [0, 0.1) is 22.5 Å². The summed E-state index contributed by atoms with van der Waals surface area (Å²) >= 11 is 2.87. The molecule has 2 aliphatic heterocycles. The third kappa shape index (κ3) is 10.9. The second-order valence-electron chi connectivity index (χ2n) is 16.8. The summed E-state index contributed by atoms with van der Waals surface area (Å²) in [7, 11) is 2.29. The van der Waals surface area contributed by atoms with Crippen molar-refractivity contribution in [3.63, 3.8) is 0 Å². The van der Waals surface area contributed by atoms with Crippen molar-refractivity contribution in [3.05, 3.63) is 70.9 Å². The van der Waals surface area contributed by atoms with E-state index in [2.05, 4.69) is 29.8 Å². The van der Waals surface area contributed by atoms with E-state index in [0.717, 1.165) is 10.3 Å². The fraction of sp³-hybridized carbons (Fsp3) is 0.512. The van der Waals surface area contributed by atoms with Gasteiger partial charge in [0.15, 0.2) is 0 Å². The summed E-state index contributed by atoms with van der Waals surface area (Å²) in [5, 5.41) is 14.7. The summed E-state index contributed by atoms with van der Waals surface area (Å²) in [5.41, 5.74) is 16.5. The maximum Gasteiger partial charge on any atom is 0.214 e. The highest BCUT2D eigenvalue weighted by Gasteiger charge is 2.41. The zero-order valence-electron chi connectivity index (χ0n) is 37.3. The van der Waals surface area contributed by atoms with Crippen LogP contribution >= 0.6 is 22.7 Å². The van der Waals surface area contributed by atoms with Gasteiger partial charge in [-0.3, -0.25) is 0 Å². The van der Waals surface area contributed by atoms with Crippen molar-refractivity contribution in [3.8, 4) is 34.0 Å². The van der Waals surface area contributed by atoms with E-state index in [1.165, 1.54) is 83.9 Å². The molecule has 364 valence electrons. The number of halogens is 2. The monoisotopic (exact) mass is 1010 g/mol. The van der Waals surface area contributed by atoms with Gasteiger partial charge in [0.05, 0.1) is 49.5 Å². The second-order valence-corrected chi connectivity index (χ2v) is 23.0. The lowest BCUT2D eigenvalue weighted by Crippen LogP contribution is -2.49. The number of sulfonamides is 2. The van der Waals surface area contributed by atoms with Crippen LogP contribution in [0.15, 0.2) is 53.9 Å². The molecule has 26 heteroatoms. The molecule has 6 aromatic rings. The first-order chi connectivity index (χ1) is 31.4. The topological polar surface area (TPSA) is 235 Å². The minimum Gasteiger partial charge on any atom is -0.496 e. The average Bonchev–Trinajstić information content (AvgIpc) is 4.09. The lowest BCUT2D eigenvalue weighted by molar-refractivity contribution is 0.258. The van der Waals surface area contributed by atoms with Crippen LogP contribution in [-0.4, -0.2) is 148 Å². The van der Waals surface area contributed by atoms with Gasteiger partial charge >= 0.3 is 0 Å². The molecule has 0 aliphatic carbocycles. The molecule has 0 saturated carbocycles. The van der Waals surface area contributed by atoms with Crippen LogP contribution in [0.5, 0.6) is 11.5 Å². The van der Waals surface area contributed by atoms with Crippen molar-refractivity contribution in [2.24, 2.45) is 21.7 Å². The number of benzene rings is 2. The maximum absolute atomic E-state index is 13.6. The molecule has 2 fully saturated rings. The van der Waals surface area contributed by atoms with Gasteiger partial charge in [-0.2, -0.15) is 0 Å². The zero-order valence-corrected chi connectivity index (χ0v) is 40.6. The van der Waals surface area contributed by atoms with Crippen molar-refractivity contribution in [2.75, 3.05) is 103 Å². The Bertz CT molecular complexity index is 2950. The predicted molar refractivity (Wildman–Crippen MR) is 258 cm³/mol. The Kier molecular flexibility index (Phi) is 15.7. The molecule has 2 aromatic carbocycles. The molecular formula is C41H56F2N14O6S4. The normalized spacial score (nSPS) is 16.2. The Hall–Kier alpha value is -5.21. The molecule has 0 spiro atoms. The summed E-state index contributed by atoms with van der Waals surface area (Å²) in [6, 6.07) is 8.67. The van der Waals surface area contributed by atoms with Crippen molar-refractivity contribution >= 4 is 62.9 Å². The van der Waals surface area contributed by atoms with Crippen LogP contribution in [0.1, 0.15) is 33.1 Å². The van der Waals surface area contributed by atoms with E-state index in [-0.39, 0.29) is 31.3 Å². The zero-order chi connectivity index (χ0) is 47.6. The summed E-state index contributed by atoms with van der Waals surface area (Å²) in [6.07, 6.45) is 5.78. The van der Waals surface area contributed by atoms with Gasteiger partial charge in [0.1, 0.15) is 23.1 Å². The number of nitrogens with two attached hydrogens (primary N) is 1. The summed E-state index contributed by atoms with van der Waals surface area (Å²) in [6.45, 7) is 2.90. The molecule has 20 nitrogen and oxygen atoms in total. The van der Waals surface area contributed by atoms with Gasteiger partial charge in [-0.05, 0) is 67.4 Å². The number of hydrogen-bond donors (Lipinski definition) is 1. The molecular weight excluding hydrogens is 951 g/mol. The molecule has 2 aliphatic rings. The van der Waals surface area contributed by atoms with Crippen LogP contribution in [0.2, 0.25) is 0 Å². The maximum atomic E-state index is 13.6. The number of nitrogens with zero attached hydrogens (tertiary/aromatic N) is 13. The molecule has 0 atom stereocenters. The summed E-state index contributed by atoms with van der Waals surface area (Å²) < 4.78 is 93.8. The smallest absolute Gasteiger partial charge is 0.214 e. The molecule has 8 rings (SSSR count). The van der Waals surface area contributed by atoms with Gasteiger partial charge in [-0.1, -0.05) is 35.2 Å². The predicted octanol–water partition coefficient (Wildman–Crippen LogP) is 6.07. The minimum absolute atomic E-state index is 0.